The lowest BCUT2D eigenvalue weighted by Gasteiger charge is -2.17. The topological polar surface area (TPSA) is 97.2 Å². The summed E-state index contributed by atoms with van der Waals surface area (Å²) in [4.78, 5) is 33.7. The number of rotatable bonds is 8. The Bertz CT molecular complexity index is 1530. The van der Waals surface area contributed by atoms with E-state index >= 15 is 0 Å². The van der Waals surface area contributed by atoms with Gasteiger partial charge in [-0.25, -0.2) is 4.79 Å². The van der Waals surface area contributed by atoms with Gasteiger partial charge in [0.25, 0.3) is 5.91 Å². The van der Waals surface area contributed by atoms with E-state index in [-0.39, 0.29) is 17.6 Å². The number of aromatic nitrogens is 1. The molecule has 1 amide bonds. The van der Waals surface area contributed by atoms with E-state index in [0.717, 1.165) is 40.6 Å². The number of aromatic amines is 1. The van der Waals surface area contributed by atoms with Gasteiger partial charge in [0, 0.05) is 41.5 Å². The highest BCUT2D eigenvalue weighted by Gasteiger charge is 2.38. The molecule has 0 radical (unpaired) electrons. The molecule has 9 nitrogen and oxygen atoms in total. The summed E-state index contributed by atoms with van der Waals surface area (Å²) < 4.78 is 22.6. The Kier molecular flexibility index (Phi) is 6.79. The number of hydrogen-bond acceptors (Lipinski definition) is 7. The number of fused-ring (bicyclic) bond motifs is 4. The van der Waals surface area contributed by atoms with Crippen LogP contribution in [0.25, 0.3) is 21.9 Å². The summed E-state index contributed by atoms with van der Waals surface area (Å²) in [5.74, 6) is 0.872. The minimum Gasteiger partial charge on any atom is -0.494 e. The number of aryl methyl sites for hydroxylation is 1. The number of hydrogen-bond donors (Lipinski definition) is 1. The molecule has 1 atom stereocenters. The van der Waals surface area contributed by atoms with Crippen LogP contribution in [0.1, 0.15) is 51.4 Å². The number of amides is 1. The molecule has 1 aliphatic rings. The maximum absolute atomic E-state index is 13.8. The van der Waals surface area contributed by atoms with Gasteiger partial charge < -0.3 is 33.4 Å². The largest absolute Gasteiger partial charge is 0.494 e. The van der Waals surface area contributed by atoms with Gasteiger partial charge in [0.1, 0.15) is 23.7 Å². The molecule has 0 spiro atoms. The quantitative estimate of drug-likeness (QED) is 0.323. The fourth-order valence-electron chi connectivity index (χ4n) is 5.27. The van der Waals surface area contributed by atoms with Crippen molar-refractivity contribution in [1.29, 1.82) is 0 Å². The Morgan fingerprint density at radius 3 is 2.66 bits per heavy atom. The maximum atomic E-state index is 13.8. The van der Waals surface area contributed by atoms with Crippen molar-refractivity contribution in [1.82, 2.24) is 9.88 Å². The second kappa shape index (κ2) is 10.1. The SMILES string of the molecule is CC[C@@H]1CN(C(=O)c2cc3cc(OCCN(C)C)ccc3o2)c2cc(OC)c3[nH]c(C)c(C(=O)OC)c3c21. The molecule has 0 unspecified atom stereocenters. The highest BCUT2D eigenvalue weighted by atomic mass is 16.5. The summed E-state index contributed by atoms with van der Waals surface area (Å²) in [5, 5.41) is 1.54. The van der Waals surface area contributed by atoms with Gasteiger partial charge in [-0.05, 0) is 57.3 Å². The number of furan rings is 1. The van der Waals surface area contributed by atoms with Crippen molar-refractivity contribution in [2.45, 2.75) is 26.2 Å². The second-order valence-corrected chi connectivity index (χ2v) is 9.86. The number of carbonyl (C=O) groups excluding carboxylic acids is 2. The van der Waals surface area contributed by atoms with Crippen LogP contribution < -0.4 is 14.4 Å². The number of carbonyl (C=O) groups is 2. The molecule has 0 aliphatic carbocycles. The van der Waals surface area contributed by atoms with Crippen molar-refractivity contribution >= 4 is 39.4 Å². The summed E-state index contributed by atoms with van der Waals surface area (Å²) in [6.07, 6.45) is 0.789. The number of anilines is 1. The van der Waals surface area contributed by atoms with Gasteiger partial charge in [-0.3, -0.25) is 4.79 Å². The lowest BCUT2D eigenvalue weighted by atomic mass is 9.93. The van der Waals surface area contributed by atoms with E-state index in [9.17, 15) is 9.59 Å². The summed E-state index contributed by atoms with van der Waals surface area (Å²) in [7, 11) is 6.93. The lowest BCUT2D eigenvalue weighted by molar-refractivity contribution is 0.0602. The van der Waals surface area contributed by atoms with E-state index in [4.69, 9.17) is 18.6 Å². The third kappa shape index (κ3) is 4.26. The fourth-order valence-corrected chi connectivity index (χ4v) is 5.27. The van der Waals surface area contributed by atoms with Crippen LogP contribution in [0.2, 0.25) is 0 Å². The van der Waals surface area contributed by atoms with Crippen LogP contribution in [0.15, 0.2) is 34.7 Å². The van der Waals surface area contributed by atoms with Gasteiger partial charge in [-0.1, -0.05) is 6.92 Å². The number of H-pyrrole nitrogens is 1. The molecule has 0 bridgehead atoms. The number of esters is 1. The molecule has 5 rings (SSSR count). The first-order valence-electron chi connectivity index (χ1n) is 12.7. The molecule has 1 aliphatic heterocycles. The fraction of sp³-hybridized carbons (Fsp3) is 0.379. The molecule has 200 valence electrons. The first kappa shape index (κ1) is 25.7. The average molecular weight is 520 g/mol. The lowest BCUT2D eigenvalue weighted by Crippen LogP contribution is -2.29. The van der Waals surface area contributed by atoms with Crippen LogP contribution in [0.3, 0.4) is 0 Å². The Morgan fingerprint density at radius 1 is 1.18 bits per heavy atom. The zero-order chi connectivity index (χ0) is 27.1. The predicted octanol–water partition coefficient (Wildman–Crippen LogP) is 5.11. The number of methoxy groups -OCH3 is 2. The average Bonchev–Trinajstić information content (AvgIpc) is 3.59. The molecule has 0 saturated heterocycles. The summed E-state index contributed by atoms with van der Waals surface area (Å²) in [6, 6.07) is 9.17. The smallest absolute Gasteiger partial charge is 0.340 e. The number of nitrogens with zero attached hydrogens (tertiary/aromatic N) is 2. The van der Waals surface area contributed by atoms with Crippen molar-refractivity contribution in [3.8, 4) is 11.5 Å². The van der Waals surface area contributed by atoms with Crippen LogP contribution in [-0.2, 0) is 4.74 Å². The molecule has 0 fully saturated rings. The number of nitrogens with one attached hydrogen (secondary N) is 1. The van der Waals surface area contributed by atoms with Gasteiger partial charge in [0.05, 0.1) is 31.0 Å². The molecular weight excluding hydrogens is 486 g/mol. The molecule has 2 aromatic carbocycles. The maximum Gasteiger partial charge on any atom is 0.340 e. The van der Waals surface area contributed by atoms with Crippen LogP contribution in [-0.4, -0.2) is 69.8 Å². The molecule has 2 aromatic heterocycles. The van der Waals surface area contributed by atoms with Gasteiger partial charge in [0.15, 0.2) is 5.76 Å². The van der Waals surface area contributed by atoms with E-state index in [2.05, 4.69) is 16.8 Å². The number of benzene rings is 2. The van der Waals surface area contributed by atoms with E-state index in [1.807, 2.05) is 45.3 Å². The Labute approximate surface area is 221 Å². The molecule has 0 saturated carbocycles. The molecule has 9 heteroatoms. The van der Waals surface area contributed by atoms with Crippen molar-refractivity contribution < 1.29 is 28.2 Å². The molecule has 4 aromatic rings. The molecule has 38 heavy (non-hydrogen) atoms. The van der Waals surface area contributed by atoms with Gasteiger partial charge >= 0.3 is 5.97 Å². The summed E-state index contributed by atoms with van der Waals surface area (Å²) in [6.45, 7) is 5.75. The van der Waals surface area contributed by atoms with E-state index in [0.29, 0.717) is 41.4 Å². The number of likely N-dealkylation sites (N-methyl/N-ethyl adjacent to an activating group) is 1. The van der Waals surface area contributed by atoms with Crippen molar-refractivity contribution in [2.24, 2.45) is 0 Å². The first-order chi connectivity index (χ1) is 18.3. The molecular formula is C29H33N3O6. The Hall–Kier alpha value is -3.98. The zero-order valence-corrected chi connectivity index (χ0v) is 22.6. The third-order valence-electron chi connectivity index (χ3n) is 7.20. The first-order valence-corrected chi connectivity index (χ1v) is 12.7. The van der Waals surface area contributed by atoms with Gasteiger partial charge in [0.2, 0.25) is 0 Å². The van der Waals surface area contributed by atoms with Gasteiger partial charge in [-0.2, -0.15) is 0 Å². The normalized spacial score (nSPS) is 14.9. The zero-order valence-electron chi connectivity index (χ0n) is 22.6. The Morgan fingerprint density at radius 2 is 1.97 bits per heavy atom. The second-order valence-electron chi connectivity index (χ2n) is 9.86. The summed E-state index contributed by atoms with van der Waals surface area (Å²) in [5.41, 5.74) is 4.15. The van der Waals surface area contributed by atoms with Crippen molar-refractivity contribution in [3.63, 3.8) is 0 Å². The number of ether oxygens (including phenoxy) is 3. The standard InChI is InChI=1S/C29H33N3O6/c1-7-17-15-32(20-14-22(35-5)27-26(25(17)20)24(16(2)30-27)29(34)36-6)28(33)23-13-18-12-19(8-9-21(18)38-23)37-11-10-31(3)4/h8-9,12-14,17,30H,7,10-11,15H2,1-6H3/t17-/m1/s1. The van der Waals surface area contributed by atoms with Crippen molar-refractivity contribution in [2.75, 3.05) is 52.9 Å². The Balaban J connectivity index is 1.56. The van der Waals surface area contributed by atoms with E-state index in [1.54, 1.807) is 18.1 Å². The van der Waals surface area contributed by atoms with E-state index < -0.39 is 5.97 Å². The highest BCUT2D eigenvalue weighted by molar-refractivity contribution is 6.14. The van der Waals surface area contributed by atoms with Crippen LogP contribution in [0.4, 0.5) is 5.69 Å². The van der Waals surface area contributed by atoms with Crippen LogP contribution >= 0.6 is 0 Å². The van der Waals surface area contributed by atoms with Crippen LogP contribution in [0, 0.1) is 6.92 Å². The summed E-state index contributed by atoms with van der Waals surface area (Å²) >= 11 is 0. The molecule has 3 heterocycles. The van der Waals surface area contributed by atoms with Gasteiger partial charge in [-0.15, -0.1) is 0 Å². The molecule has 1 N–H and O–H groups in total. The third-order valence-corrected chi connectivity index (χ3v) is 7.20. The van der Waals surface area contributed by atoms with E-state index in [1.165, 1.54) is 7.11 Å². The minimum atomic E-state index is -0.426. The highest BCUT2D eigenvalue weighted by Crippen LogP contribution is 2.48. The minimum absolute atomic E-state index is 0.0297. The predicted molar refractivity (Wildman–Crippen MR) is 146 cm³/mol. The van der Waals surface area contributed by atoms with Crippen molar-refractivity contribution in [3.05, 3.63) is 52.9 Å². The monoisotopic (exact) mass is 519 g/mol. The van der Waals surface area contributed by atoms with Crippen LogP contribution in [0.5, 0.6) is 11.5 Å².